The molecule has 2 heterocycles. The van der Waals surface area contributed by atoms with E-state index < -0.39 is 0 Å². The van der Waals surface area contributed by atoms with Gasteiger partial charge in [-0.3, -0.25) is 9.59 Å². The molecule has 1 aromatic rings. The van der Waals surface area contributed by atoms with Crippen LogP contribution in [0, 0.1) is 11.8 Å². The molecule has 0 spiro atoms. The summed E-state index contributed by atoms with van der Waals surface area (Å²) in [4.78, 5) is 29.8. The highest BCUT2D eigenvalue weighted by Crippen LogP contribution is 2.33. The average molecular weight is 326 g/mol. The predicted octanol–water partition coefficient (Wildman–Crippen LogP) is 2.94. The van der Waals surface area contributed by atoms with Crippen molar-refractivity contribution >= 4 is 11.8 Å². The van der Waals surface area contributed by atoms with Crippen LogP contribution in [0.15, 0.2) is 30.3 Å². The van der Waals surface area contributed by atoms with Crippen LogP contribution >= 0.6 is 0 Å². The van der Waals surface area contributed by atoms with Gasteiger partial charge in [0, 0.05) is 25.2 Å². The Labute approximate surface area is 143 Å². The Morgan fingerprint density at radius 3 is 2.58 bits per heavy atom. The number of rotatable bonds is 3. The lowest BCUT2D eigenvalue weighted by Crippen LogP contribution is -2.60. The van der Waals surface area contributed by atoms with Crippen LogP contribution in [0.3, 0.4) is 0 Å². The molecule has 3 fully saturated rings. The van der Waals surface area contributed by atoms with Crippen LogP contribution in [0.2, 0.25) is 0 Å². The van der Waals surface area contributed by atoms with Gasteiger partial charge in [-0.1, -0.05) is 31.0 Å². The molecule has 2 aliphatic heterocycles. The van der Waals surface area contributed by atoms with Crippen LogP contribution in [-0.2, 0) is 4.79 Å². The molecule has 0 N–H and O–H groups in total. The summed E-state index contributed by atoms with van der Waals surface area (Å²) in [5, 5.41) is 0. The van der Waals surface area contributed by atoms with Crippen LogP contribution < -0.4 is 0 Å². The van der Waals surface area contributed by atoms with E-state index in [4.69, 9.17) is 0 Å². The van der Waals surface area contributed by atoms with Crippen molar-refractivity contribution in [1.29, 1.82) is 0 Å². The van der Waals surface area contributed by atoms with Crippen LogP contribution in [0.25, 0.3) is 0 Å². The highest BCUT2D eigenvalue weighted by atomic mass is 16.2. The first-order chi connectivity index (χ1) is 11.7. The zero-order valence-corrected chi connectivity index (χ0v) is 14.2. The first kappa shape index (κ1) is 15.7. The van der Waals surface area contributed by atoms with Gasteiger partial charge in [-0.2, -0.15) is 0 Å². The SMILES string of the molecule is O=C1[C@H]2C[C@H](CCN2C(=O)c2ccccc2)CN1CC1CCCC1. The Hall–Kier alpha value is -1.84. The normalized spacial score (nSPS) is 27.6. The van der Waals surface area contributed by atoms with Gasteiger partial charge in [0.1, 0.15) is 6.04 Å². The molecule has 2 saturated heterocycles. The molecule has 3 aliphatic rings. The lowest BCUT2D eigenvalue weighted by molar-refractivity contribution is -0.144. The van der Waals surface area contributed by atoms with E-state index in [1.54, 1.807) is 0 Å². The number of amides is 2. The summed E-state index contributed by atoms with van der Waals surface area (Å²) >= 11 is 0. The van der Waals surface area contributed by atoms with E-state index >= 15 is 0 Å². The minimum atomic E-state index is -0.244. The standard InChI is InChI=1S/C20H26N2O2/c23-19(17-8-2-1-3-9-17)22-11-10-16-12-18(22)20(24)21(14-16)13-15-6-4-5-7-15/h1-3,8-9,15-16,18H,4-7,10-14H2/t16-,18+/m0/s1. The molecule has 4 rings (SSSR count). The van der Waals surface area contributed by atoms with Crippen molar-refractivity contribution in [3.8, 4) is 0 Å². The molecular formula is C20H26N2O2. The second-order valence-corrected chi connectivity index (χ2v) is 7.66. The van der Waals surface area contributed by atoms with Gasteiger partial charge < -0.3 is 9.80 Å². The largest absolute Gasteiger partial charge is 0.340 e. The summed E-state index contributed by atoms with van der Waals surface area (Å²) in [6.07, 6.45) is 6.98. The lowest BCUT2D eigenvalue weighted by Gasteiger charge is -2.47. The van der Waals surface area contributed by atoms with Gasteiger partial charge in [-0.15, -0.1) is 0 Å². The number of hydrogen-bond donors (Lipinski definition) is 0. The van der Waals surface area contributed by atoms with E-state index in [1.165, 1.54) is 25.7 Å². The Bertz CT molecular complexity index is 609. The number of carbonyl (C=O) groups excluding carboxylic acids is 2. The van der Waals surface area contributed by atoms with E-state index in [0.717, 1.165) is 25.9 Å². The molecule has 2 atom stereocenters. The van der Waals surface area contributed by atoms with E-state index in [0.29, 0.717) is 23.9 Å². The van der Waals surface area contributed by atoms with Crippen molar-refractivity contribution in [2.75, 3.05) is 19.6 Å². The fraction of sp³-hybridized carbons (Fsp3) is 0.600. The van der Waals surface area contributed by atoms with Crippen molar-refractivity contribution in [3.63, 3.8) is 0 Å². The summed E-state index contributed by atoms with van der Waals surface area (Å²) in [6.45, 7) is 2.52. The number of likely N-dealkylation sites (tertiary alicyclic amines) is 2. The second kappa shape index (κ2) is 6.58. The van der Waals surface area contributed by atoms with Crippen molar-refractivity contribution in [3.05, 3.63) is 35.9 Å². The minimum absolute atomic E-state index is 0.00937. The Balaban J connectivity index is 1.50. The average Bonchev–Trinajstić information content (AvgIpc) is 3.13. The molecule has 0 aromatic heterocycles. The number of piperidine rings is 2. The van der Waals surface area contributed by atoms with Gasteiger partial charge >= 0.3 is 0 Å². The Morgan fingerprint density at radius 2 is 1.83 bits per heavy atom. The minimum Gasteiger partial charge on any atom is -0.340 e. The summed E-state index contributed by atoms with van der Waals surface area (Å²) in [5.41, 5.74) is 0.691. The smallest absolute Gasteiger partial charge is 0.254 e. The van der Waals surface area contributed by atoms with E-state index in [1.807, 2.05) is 35.2 Å². The molecule has 4 nitrogen and oxygen atoms in total. The maximum Gasteiger partial charge on any atom is 0.254 e. The number of hydrogen-bond acceptors (Lipinski definition) is 2. The fourth-order valence-corrected chi connectivity index (χ4v) is 4.71. The molecule has 4 heteroatoms. The fourth-order valence-electron chi connectivity index (χ4n) is 4.71. The first-order valence-corrected chi connectivity index (χ1v) is 9.37. The molecular weight excluding hydrogens is 300 g/mol. The van der Waals surface area contributed by atoms with E-state index in [-0.39, 0.29) is 17.9 Å². The van der Waals surface area contributed by atoms with Gasteiger partial charge in [0.05, 0.1) is 0 Å². The van der Waals surface area contributed by atoms with Gasteiger partial charge in [0.25, 0.3) is 5.91 Å². The molecule has 1 saturated carbocycles. The molecule has 0 unspecified atom stereocenters. The van der Waals surface area contributed by atoms with Gasteiger partial charge in [-0.05, 0) is 49.7 Å². The summed E-state index contributed by atoms with van der Waals surface area (Å²) < 4.78 is 0. The molecule has 128 valence electrons. The quantitative estimate of drug-likeness (QED) is 0.857. The zero-order chi connectivity index (χ0) is 16.5. The van der Waals surface area contributed by atoms with Gasteiger partial charge in [0.2, 0.25) is 5.91 Å². The van der Waals surface area contributed by atoms with Crippen molar-refractivity contribution in [2.45, 2.75) is 44.6 Å². The highest BCUT2D eigenvalue weighted by molar-refractivity contribution is 5.98. The van der Waals surface area contributed by atoms with Crippen LogP contribution in [-0.4, -0.2) is 47.3 Å². The van der Waals surface area contributed by atoms with Crippen LogP contribution in [0.5, 0.6) is 0 Å². The molecule has 2 amide bonds. The first-order valence-electron chi connectivity index (χ1n) is 9.37. The number of carbonyl (C=O) groups is 2. The monoisotopic (exact) mass is 326 g/mol. The van der Waals surface area contributed by atoms with Gasteiger partial charge in [0.15, 0.2) is 0 Å². The third kappa shape index (κ3) is 2.94. The Morgan fingerprint density at radius 1 is 1.08 bits per heavy atom. The zero-order valence-electron chi connectivity index (χ0n) is 14.2. The molecule has 24 heavy (non-hydrogen) atoms. The van der Waals surface area contributed by atoms with Crippen molar-refractivity contribution in [2.24, 2.45) is 11.8 Å². The maximum absolute atomic E-state index is 13.0. The number of benzene rings is 1. The third-order valence-corrected chi connectivity index (χ3v) is 6.02. The second-order valence-electron chi connectivity index (χ2n) is 7.66. The molecule has 1 aromatic carbocycles. The van der Waals surface area contributed by atoms with Crippen LogP contribution in [0.1, 0.15) is 48.9 Å². The summed E-state index contributed by atoms with van der Waals surface area (Å²) in [7, 11) is 0. The highest BCUT2D eigenvalue weighted by Gasteiger charge is 2.43. The molecule has 0 radical (unpaired) electrons. The molecule has 1 aliphatic carbocycles. The number of nitrogens with zero attached hydrogens (tertiary/aromatic N) is 2. The van der Waals surface area contributed by atoms with E-state index in [9.17, 15) is 9.59 Å². The lowest BCUT2D eigenvalue weighted by atomic mass is 9.85. The summed E-state index contributed by atoms with van der Waals surface area (Å²) in [5.74, 6) is 1.43. The maximum atomic E-state index is 13.0. The number of fused-ring (bicyclic) bond motifs is 2. The third-order valence-electron chi connectivity index (χ3n) is 6.02. The summed E-state index contributed by atoms with van der Waals surface area (Å²) in [6, 6.07) is 9.13. The predicted molar refractivity (Wildman–Crippen MR) is 92.5 cm³/mol. The topological polar surface area (TPSA) is 40.6 Å². The van der Waals surface area contributed by atoms with Crippen molar-refractivity contribution in [1.82, 2.24) is 9.80 Å². The Kier molecular flexibility index (Phi) is 4.30. The van der Waals surface area contributed by atoms with Crippen molar-refractivity contribution < 1.29 is 9.59 Å². The van der Waals surface area contributed by atoms with E-state index in [2.05, 4.69) is 4.90 Å². The van der Waals surface area contributed by atoms with Crippen LogP contribution in [0.4, 0.5) is 0 Å². The molecule has 2 bridgehead atoms. The van der Waals surface area contributed by atoms with Gasteiger partial charge in [-0.25, -0.2) is 0 Å².